The molecule has 0 aliphatic heterocycles. The summed E-state index contributed by atoms with van der Waals surface area (Å²) in [6.07, 6.45) is 3.34. The van der Waals surface area contributed by atoms with Crippen molar-refractivity contribution in [1.29, 1.82) is 0 Å². The number of aryl methyl sites for hydroxylation is 1. The molecule has 1 N–H and O–H groups in total. The molecular formula is C12H13N3O2. The van der Waals surface area contributed by atoms with Crippen LogP contribution in [0.4, 0.5) is 0 Å². The molecule has 88 valence electrons. The standard InChI is InChI=1S/C12H13N3O2/c1-3-15-8(2)10(7-14-15)9-4-5-11(12(16)17)13-6-9/h4-7H,3H2,1-2H3,(H,16,17). The van der Waals surface area contributed by atoms with Crippen LogP contribution in [0.15, 0.2) is 24.5 Å². The van der Waals surface area contributed by atoms with Crippen molar-refractivity contribution in [2.75, 3.05) is 0 Å². The second-order valence-corrected chi connectivity index (χ2v) is 3.70. The van der Waals surface area contributed by atoms with Crippen molar-refractivity contribution in [3.8, 4) is 11.1 Å². The molecule has 2 heterocycles. The molecule has 0 amide bonds. The Bertz CT molecular complexity index is 543. The minimum atomic E-state index is -1.02. The van der Waals surface area contributed by atoms with Crippen molar-refractivity contribution in [2.24, 2.45) is 0 Å². The number of carboxylic acid groups (broad SMARTS) is 1. The zero-order chi connectivity index (χ0) is 12.4. The maximum atomic E-state index is 10.7. The summed E-state index contributed by atoms with van der Waals surface area (Å²) in [5.74, 6) is -1.02. The molecule has 0 saturated heterocycles. The molecule has 5 nitrogen and oxygen atoms in total. The lowest BCUT2D eigenvalue weighted by molar-refractivity contribution is 0.0690. The van der Waals surface area contributed by atoms with Crippen molar-refractivity contribution >= 4 is 5.97 Å². The molecule has 0 radical (unpaired) electrons. The number of carboxylic acids is 1. The van der Waals surface area contributed by atoms with Gasteiger partial charge in [-0.1, -0.05) is 6.07 Å². The van der Waals surface area contributed by atoms with E-state index in [1.165, 1.54) is 6.07 Å². The fourth-order valence-corrected chi connectivity index (χ4v) is 1.73. The number of hydrogen-bond donors (Lipinski definition) is 1. The van der Waals surface area contributed by atoms with E-state index in [0.29, 0.717) is 0 Å². The number of rotatable bonds is 3. The van der Waals surface area contributed by atoms with Gasteiger partial charge in [0, 0.05) is 29.6 Å². The summed E-state index contributed by atoms with van der Waals surface area (Å²) in [5.41, 5.74) is 2.97. The largest absolute Gasteiger partial charge is 0.477 e. The van der Waals surface area contributed by atoms with E-state index in [-0.39, 0.29) is 5.69 Å². The second-order valence-electron chi connectivity index (χ2n) is 3.70. The van der Waals surface area contributed by atoms with Gasteiger partial charge in [-0.25, -0.2) is 9.78 Å². The lowest BCUT2D eigenvalue weighted by atomic mass is 10.1. The molecule has 17 heavy (non-hydrogen) atoms. The fourth-order valence-electron chi connectivity index (χ4n) is 1.73. The van der Waals surface area contributed by atoms with Crippen molar-refractivity contribution in [3.05, 3.63) is 35.9 Å². The molecule has 0 unspecified atom stereocenters. The first-order valence-corrected chi connectivity index (χ1v) is 5.35. The van der Waals surface area contributed by atoms with Gasteiger partial charge in [0.05, 0.1) is 6.20 Å². The molecule has 0 spiro atoms. The molecule has 0 aromatic carbocycles. The van der Waals surface area contributed by atoms with Crippen LogP contribution in [0.3, 0.4) is 0 Å². The van der Waals surface area contributed by atoms with Crippen LogP contribution in [0.1, 0.15) is 23.1 Å². The van der Waals surface area contributed by atoms with Crippen LogP contribution >= 0.6 is 0 Å². The van der Waals surface area contributed by atoms with E-state index in [0.717, 1.165) is 23.4 Å². The van der Waals surface area contributed by atoms with Gasteiger partial charge in [-0.15, -0.1) is 0 Å². The third-order valence-corrected chi connectivity index (χ3v) is 2.70. The van der Waals surface area contributed by atoms with E-state index in [1.807, 2.05) is 18.5 Å². The van der Waals surface area contributed by atoms with E-state index in [4.69, 9.17) is 5.11 Å². The predicted octanol–water partition coefficient (Wildman–Crippen LogP) is 1.97. The number of carbonyl (C=O) groups is 1. The van der Waals surface area contributed by atoms with Crippen molar-refractivity contribution < 1.29 is 9.90 Å². The normalized spacial score (nSPS) is 10.5. The van der Waals surface area contributed by atoms with Gasteiger partial charge in [-0.2, -0.15) is 5.10 Å². The van der Waals surface area contributed by atoms with Gasteiger partial charge >= 0.3 is 5.97 Å². The molecule has 0 fully saturated rings. The predicted molar refractivity (Wildman–Crippen MR) is 62.8 cm³/mol. The fraction of sp³-hybridized carbons (Fsp3) is 0.250. The Hall–Kier alpha value is -2.17. The van der Waals surface area contributed by atoms with Gasteiger partial charge in [0.1, 0.15) is 5.69 Å². The third-order valence-electron chi connectivity index (χ3n) is 2.70. The Morgan fingerprint density at radius 3 is 2.65 bits per heavy atom. The quantitative estimate of drug-likeness (QED) is 0.876. The maximum Gasteiger partial charge on any atom is 0.354 e. The van der Waals surface area contributed by atoms with Gasteiger partial charge in [-0.05, 0) is 19.9 Å². The zero-order valence-electron chi connectivity index (χ0n) is 9.71. The Morgan fingerprint density at radius 2 is 2.18 bits per heavy atom. The van der Waals surface area contributed by atoms with E-state index in [1.54, 1.807) is 18.5 Å². The molecule has 0 atom stereocenters. The van der Waals surface area contributed by atoms with Gasteiger partial charge in [0.15, 0.2) is 0 Å². The van der Waals surface area contributed by atoms with Crippen molar-refractivity contribution in [1.82, 2.24) is 14.8 Å². The van der Waals surface area contributed by atoms with Gasteiger partial charge in [0.25, 0.3) is 0 Å². The maximum absolute atomic E-state index is 10.7. The lowest BCUT2D eigenvalue weighted by Crippen LogP contribution is -2.00. The monoisotopic (exact) mass is 231 g/mol. The minimum absolute atomic E-state index is 0.0503. The van der Waals surface area contributed by atoms with E-state index in [2.05, 4.69) is 10.1 Å². The number of hydrogen-bond acceptors (Lipinski definition) is 3. The summed E-state index contributed by atoms with van der Waals surface area (Å²) in [5, 5.41) is 13.0. The van der Waals surface area contributed by atoms with Crippen LogP contribution in [0.25, 0.3) is 11.1 Å². The Balaban J connectivity index is 2.39. The van der Waals surface area contributed by atoms with Crippen LogP contribution in [-0.4, -0.2) is 25.8 Å². The summed E-state index contributed by atoms with van der Waals surface area (Å²) in [7, 11) is 0. The molecule has 5 heteroatoms. The number of aromatic nitrogens is 3. The van der Waals surface area contributed by atoms with Gasteiger partial charge < -0.3 is 5.11 Å². The van der Waals surface area contributed by atoms with Crippen LogP contribution in [0.5, 0.6) is 0 Å². The smallest absolute Gasteiger partial charge is 0.354 e. The van der Waals surface area contributed by atoms with Gasteiger partial charge in [0.2, 0.25) is 0 Å². The number of nitrogens with zero attached hydrogens (tertiary/aromatic N) is 3. The Labute approximate surface area is 98.7 Å². The molecule has 0 bridgehead atoms. The second kappa shape index (κ2) is 4.37. The van der Waals surface area contributed by atoms with Crippen molar-refractivity contribution in [3.63, 3.8) is 0 Å². The zero-order valence-corrected chi connectivity index (χ0v) is 9.71. The summed E-state index contributed by atoms with van der Waals surface area (Å²) >= 11 is 0. The minimum Gasteiger partial charge on any atom is -0.477 e. The van der Waals surface area contributed by atoms with E-state index in [9.17, 15) is 4.79 Å². The average Bonchev–Trinajstić information content (AvgIpc) is 2.70. The highest BCUT2D eigenvalue weighted by molar-refractivity contribution is 5.85. The SMILES string of the molecule is CCn1ncc(-c2ccc(C(=O)O)nc2)c1C. The van der Waals surface area contributed by atoms with Gasteiger partial charge in [-0.3, -0.25) is 4.68 Å². The first-order valence-electron chi connectivity index (χ1n) is 5.35. The molecule has 0 aliphatic carbocycles. The molecule has 2 aromatic rings. The van der Waals surface area contributed by atoms with Crippen LogP contribution < -0.4 is 0 Å². The highest BCUT2D eigenvalue weighted by atomic mass is 16.4. The first-order chi connectivity index (χ1) is 8.13. The third kappa shape index (κ3) is 2.04. The van der Waals surface area contributed by atoms with Crippen LogP contribution in [0, 0.1) is 6.92 Å². The van der Waals surface area contributed by atoms with Crippen molar-refractivity contribution in [2.45, 2.75) is 20.4 Å². The Kier molecular flexibility index (Phi) is 2.91. The lowest BCUT2D eigenvalue weighted by Gasteiger charge is -2.02. The summed E-state index contributed by atoms with van der Waals surface area (Å²) < 4.78 is 1.89. The average molecular weight is 231 g/mol. The summed E-state index contributed by atoms with van der Waals surface area (Å²) in [4.78, 5) is 14.6. The molecule has 2 rings (SSSR count). The molecule has 2 aromatic heterocycles. The number of pyridine rings is 1. The van der Waals surface area contributed by atoms with E-state index < -0.39 is 5.97 Å². The molecular weight excluding hydrogens is 218 g/mol. The highest BCUT2D eigenvalue weighted by Gasteiger charge is 2.09. The Morgan fingerprint density at radius 1 is 1.41 bits per heavy atom. The van der Waals surface area contributed by atoms with Crippen LogP contribution in [0.2, 0.25) is 0 Å². The topological polar surface area (TPSA) is 68.0 Å². The molecule has 0 saturated carbocycles. The first kappa shape index (κ1) is 11.3. The number of aromatic carboxylic acids is 1. The van der Waals surface area contributed by atoms with Crippen LogP contribution in [-0.2, 0) is 6.54 Å². The summed E-state index contributed by atoms with van der Waals surface area (Å²) in [6, 6.07) is 3.25. The summed E-state index contributed by atoms with van der Waals surface area (Å²) in [6.45, 7) is 4.82. The van der Waals surface area contributed by atoms with E-state index >= 15 is 0 Å². The highest BCUT2D eigenvalue weighted by Crippen LogP contribution is 2.22. The molecule has 0 aliphatic rings.